The van der Waals surface area contributed by atoms with E-state index < -0.39 is 0 Å². The van der Waals surface area contributed by atoms with Crippen molar-refractivity contribution in [1.29, 1.82) is 0 Å². The number of hydrogen-bond donors (Lipinski definition) is 1. The minimum Gasteiger partial charge on any atom is -0.384 e. The van der Waals surface area contributed by atoms with Gasteiger partial charge in [0.05, 0.1) is 0 Å². The van der Waals surface area contributed by atoms with E-state index in [1.807, 2.05) is 11.8 Å². The fraction of sp³-hybridized carbons (Fsp3) is 0.923. The van der Waals surface area contributed by atoms with Crippen LogP contribution in [-0.2, 0) is 9.53 Å². The monoisotopic (exact) mass is 242 g/mol. The van der Waals surface area contributed by atoms with Crippen molar-refractivity contribution in [3.05, 3.63) is 0 Å². The summed E-state index contributed by atoms with van der Waals surface area (Å²) in [6.07, 6.45) is 4.65. The number of carbonyl (C=O) groups is 1. The highest BCUT2D eigenvalue weighted by atomic mass is 16.5. The van der Waals surface area contributed by atoms with E-state index in [1.165, 1.54) is 0 Å². The van der Waals surface area contributed by atoms with E-state index >= 15 is 0 Å². The minimum absolute atomic E-state index is 0.204. The zero-order chi connectivity index (χ0) is 12.7. The summed E-state index contributed by atoms with van der Waals surface area (Å²) in [7, 11) is 1.74. The average Bonchev–Trinajstić information content (AvgIpc) is 2.30. The van der Waals surface area contributed by atoms with Gasteiger partial charge in [-0.05, 0) is 38.5 Å². The summed E-state index contributed by atoms with van der Waals surface area (Å²) < 4.78 is 5.15. The first kappa shape index (κ1) is 14.5. The van der Waals surface area contributed by atoms with Crippen molar-refractivity contribution in [2.24, 2.45) is 11.7 Å². The second-order valence-electron chi connectivity index (χ2n) is 5.15. The van der Waals surface area contributed by atoms with Crippen LogP contribution in [0.4, 0.5) is 0 Å². The highest BCUT2D eigenvalue weighted by molar-refractivity contribution is 5.76. The second kappa shape index (κ2) is 7.67. The number of ether oxygens (including phenoxy) is 1. The molecule has 0 aromatic carbocycles. The van der Waals surface area contributed by atoms with Gasteiger partial charge in [0.15, 0.2) is 0 Å². The number of hydrogen-bond acceptors (Lipinski definition) is 3. The summed E-state index contributed by atoms with van der Waals surface area (Å²) >= 11 is 0. The molecule has 0 radical (unpaired) electrons. The number of amides is 1. The van der Waals surface area contributed by atoms with Gasteiger partial charge < -0.3 is 15.4 Å². The molecule has 2 N–H and O–H groups in total. The molecular formula is C13H26N2O2. The first-order chi connectivity index (χ1) is 8.13. The SMILES string of the molecule is COCC1CCN(C(=O)CCCC(C)N)CC1. The normalized spacial score (nSPS) is 19.4. The van der Waals surface area contributed by atoms with Crippen molar-refractivity contribution in [3.8, 4) is 0 Å². The van der Waals surface area contributed by atoms with Crippen molar-refractivity contribution in [2.45, 2.75) is 45.1 Å². The topological polar surface area (TPSA) is 55.6 Å². The maximum Gasteiger partial charge on any atom is 0.222 e. The Morgan fingerprint density at radius 3 is 2.65 bits per heavy atom. The van der Waals surface area contributed by atoms with Gasteiger partial charge in [-0.1, -0.05) is 0 Å². The fourth-order valence-corrected chi connectivity index (χ4v) is 2.32. The summed E-state index contributed by atoms with van der Waals surface area (Å²) in [6.45, 7) is 4.60. The quantitative estimate of drug-likeness (QED) is 0.765. The van der Waals surface area contributed by atoms with E-state index in [4.69, 9.17) is 10.5 Å². The zero-order valence-electron chi connectivity index (χ0n) is 11.2. The maximum atomic E-state index is 11.9. The Morgan fingerprint density at radius 1 is 1.47 bits per heavy atom. The third kappa shape index (κ3) is 5.50. The van der Waals surface area contributed by atoms with E-state index in [0.29, 0.717) is 18.2 Å². The third-order valence-corrected chi connectivity index (χ3v) is 3.42. The molecule has 0 bridgehead atoms. The lowest BCUT2D eigenvalue weighted by atomic mass is 9.97. The predicted molar refractivity (Wildman–Crippen MR) is 68.7 cm³/mol. The summed E-state index contributed by atoms with van der Waals surface area (Å²) in [5.41, 5.74) is 5.67. The van der Waals surface area contributed by atoms with Crippen LogP contribution in [0.3, 0.4) is 0 Å². The maximum absolute atomic E-state index is 11.9. The Balaban J connectivity index is 2.17. The van der Waals surface area contributed by atoms with Crippen LogP contribution >= 0.6 is 0 Å². The molecule has 4 nitrogen and oxygen atoms in total. The number of piperidine rings is 1. The molecule has 4 heteroatoms. The molecule has 0 aromatic heterocycles. The Hall–Kier alpha value is -0.610. The van der Waals surface area contributed by atoms with Crippen molar-refractivity contribution in [2.75, 3.05) is 26.8 Å². The second-order valence-corrected chi connectivity index (χ2v) is 5.15. The van der Waals surface area contributed by atoms with Gasteiger partial charge in [-0.25, -0.2) is 0 Å². The molecule has 100 valence electrons. The molecule has 0 saturated carbocycles. The van der Waals surface area contributed by atoms with Crippen molar-refractivity contribution in [1.82, 2.24) is 4.90 Å². The van der Waals surface area contributed by atoms with Gasteiger partial charge in [-0.15, -0.1) is 0 Å². The number of methoxy groups -OCH3 is 1. The lowest BCUT2D eigenvalue weighted by Gasteiger charge is -2.31. The van der Waals surface area contributed by atoms with Crippen molar-refractivity contribution in [3.63, 3.8) is 0 Å². The van der Waals surface area contributed by atoms with Crippen LogP contribution in [0.15, 0.2) is 0 Å². The molecule has 0 aromatic rings. The molecule has 1 aliphatic heterocycles. The first-order valence-electron chi connectivity index (χ1n) is 6.65. The van der Waals surface area contributed by atoms with Gasteiger partial charge in [0.2, 0.25) is 5.91 Å². The lowest BCUT2D eigenvalue weighted by Crippen LogP contribution is -2.39. The van der Waals surface area contributed by atoms with Gasteiger partial charge in [0.25, 0.3) is 0 Å². The Morgan fingerprint density at radius 2 is 2.12 bits per heavy atom. The van der Waals surface area contributed by atoms with E-state index in [2.05, 4.69) is 0 Å². The first-order valence-corrected chi connectivity index (χ1v) is 6.65. The van der Waals surface area contributed by atoms with Crippen molar-refractivity contribution >= 4 is 5.91 Å². The smallest absolute Gasteiger partial charge is 0.222 e. The third-order valence-electron chi connectivity index (χ3n) is 3.42. The summed E-state index contributed by atoms with van der Waals surface area (Å²) in [6, 6.07) is 0.204. The predicted octanol–water partition coefficient (Wildman–Crippen LogP) is 1.39. The van der Waals surface area contributed by atoms with Crippen LogP contribution in [0, 0.1) is 5.92 Å². The van der Waals surface area contributed by atoms with Gasteiger partial charge in [0, 0.05) is 39.3 Å². The number of likely N-dealkylation sites (tertiary alicyclic amines) is 1. The van der Waals surface area contributed by atoms with Crippen LogP contribution in [-0.4, -0.2) is 43.7 Å². The average molecular weight is 242 g/mol. The standard InChI is InChI=1S/C13H26N2O2/c1-11(14)4-3-5-13(16)15-8-6-12(7-9-15)10-17-2/h11-12H,3-10,14H2,1-2H3. The Bertz CT molecular complexity index is 223. The number of nitrogens with two attached hydrogens (primary N) is 1. The summed E-state index contributed by atoms with van der Waals surface area (Å²) in [5.74, 6) is 0.926. The largest absolute Gasteiger partial charge is 0.384 e. The van der Waals surface area contributed by atoms with Crippen LogP contribution < -0.4 is 5.73 Å². The summed E-state index contributed by atoms with van der Waals surface area (Å²) in [4.78, 5) is 13.9. The Labute approximate surface area is 104 Å². The number of rotatable bonds is 6. The molecule has 1 unspecified atom stereocenters. The van der Waals surface area contributed by atoms with E-state index in [9.17, 15) is 4.79 Å². The molecule has 0 aliphatic carbocycles. The van der Waals surface area contributed by atoms with Gasteiger partial charge in [0.1, 0.15) is 0 Å². The molecule has 1 heterocycles. The van der Waals surface area contributed by atoms with Crippen LogP contribution in [0.5, 0.6) is 0 Å². The molecule has 1 atom stereocenters. The molecule has 0 spiro atoms. The molecular weight excluding hydrogens is 216 g/mol. The van der Waals surface area contributed by atoms with Gasteiger partial charge >= 0.3 is 0 Å². The van der Waals surface area contributed by atoms with E-state index in [1.54, 1.807) is 7.11 Å². The fourth-order valence-electron chi connectivity index (χ4n) is 2.32. The molecule has 1 rings (SSSR count). The molecule has 17 heavy (non-hydrogen) atoms. The number of nitrogens with zero attached hydrogens (tertiary/aromatic N) is 1. The van der Waals surface area contributed by atoms with Crippen LogP contribution in [0.2, 0.25) is 0 Å². The highest BCUT2D eigenvalue weighted by Crippen LogP contribution is 2.18. The lowest BCUT2D eigenvalue weighted by molar-refractivity contribution is -0.132. The molecule has 1 amide bonds. The highest BCUT2D eigenvalue weighted by Gasteiger charge is 2.22. The molecule has 1 fully saturated rings. The van der Waals surface area contributed by atoms with Gasteiger partial charge in [-0.2, -0.15) is 0 Å². The van der Waals surface area contributed by atoms with Gasteiger partial charge in [-0.3, -0.25) is 4.79 Å². The molecule has 1 aliphatic rings. The van der Waals surface area contributed by atoms with Crippen LogP contribution in [0.25, 0.3) is 0 Å². The van der Waals surface area contributed by atoms with E-state index in [-0.39, 0.29) is 6.04 Å². The van der Waals surface area contributed by atoms with Crippen molar-refractivity contribution < 1.29 is 9.53 Å². The van der Waals surface area contributed by atoms with Crippen LogP contribution in [0.1, 0.15) is 39.0 Å². The van der Waals surface area contributed by atoms with E-state index in [0.717, 1.165) is 45.4 Å². The Kier molecular flexibility index (Phi) is 6.52. The summed E-state index contributed by atoms with van der Waals surface area (Å²) in [5, 5.41) is 0. The molecule has 1 saturated heterocycles. The number of carbonyl (C=O) groups excluding carboxylic acids is 1. The minimum atomic E-state index is 0.204. The zero-order valence-corrected chi connectivity index (χ0v) is 11.2.